The summed E-state index contributed by atoms with van der Waals surface area (Å²) in [5, 5.41) is 6.79. The van der Waals surface area contributed by atoms with Crippen molar-refractivity contribution in [2.24, 2.45) is 11.8 Å². The van der Waals surface area contributed by atoms with Crippen LogP contribution < -0.4 is 16.4 Å². The van der Waals surface area contributed by atoms with E-state index in [-0.39, 0.29) is 5.91 Å². The Bertz CT molecular complexity index is 488. The number of anilines is 1. The molecule has 1 heterocycles. The lowest BCUT2D eigenvalue weighted by molar-refractivity contribution is 0.0886. The van der Waals surface area contributed by atoms with Gasteiger partial charge in [-0.05, 0) is 68.5 Å². The average molecular weight is 301 g/mol. The van der Waals surface area contributed by atoms with E-state index in [9.17, 15) is 4.79 Å². The van der Waals surface area contributed by atoms with Gasteiger partial charge in [0.05, 0.1) is 0 Å². The van der Waals surface area contributed by atoms with E-state index in [0.717, 1.165) is 13.1 Å². The lowest BCUT2D eigenvalue weighted by Crippen LogP contribution is -2.46. The van der Waals surface area contributed by atoms with Gasteiger partial charge >= 0.3 is 0 Å². The molecule has 0 radical (unpaired) electrons. The van der Waals surface area contributed by atoms with Crippen LogP contribution in [0.3, 0.4) is 0 Å². The smallest absolute Gasteiger partial charge is 0.251 e. The van der Waals surface area contributed by atoms with Gasteiger partial charge in [0.1, 0.15) is 0 Å². The fourth-order valence-electron chi connectivity index (χ4n) is 3.97. The van der Waals surface area contributed by atoms with E-state index >= 15 is 0 Å². The molecule has 1 amide bonds. The summed E-state index contributed by atoms with van der Waals surface area (Å²) in [7, 11) is 0. The fraction of sp³-hybridized carbons (Fsp3) is 0.611. The Balaban J connectivity index is 1.70. The number of benzene rings is 1. The number of carbonyl (C=O) groups excluding carboxylic acids is 1. The van der Waals surface area contributed by atoms with Crippen LogP contribution in [0.1, 0.15) is 48.9 Å². The maximum Gasteiger partial charge on any atom is 0.251 e. The van der Waals surface area contributed by atoms with Gasteiger partial charge in [-0.15, -0.1) is 0 Å². The molecule has 3 rings (SSSR count). The van der Waals surface area contributed by atoms with Crippen molar-refractivity contribution < 1.29 is 4.79 Å². The molecule has 4 heteroatoms. The van der Waals surface area contributed by atoms with E-state index < -0.39 is 0 Å². The van der Waals surface area contributed by atoms with Gasteiger partial charge in [0.2, 0.25) is 0 Å². The summed E-state index contributed by atoms with van der Waals surface area (Å²) in [4.78, 5) is 12.6. The molecule has 2 fully saturated rings. The summed E-state index contributed by atoms with van der Waals surface area (Å²) in [5.41, 5.74) is 7.11. The Labute approximate surface area is 132 Å². The van der Waals surface area contributed by atoms with E-state index in [1.54, 1.807) is 12.1 Å². The summed E-state index contributed by atoms with van der Waals surface area (Å²) in [6.45, 7) is 2.11. The van der Waals surface area contributed by atoms with Crippen LogP contribution in [0.25, 0.3) is 0 Å². The molecule has 1 aromatic rings. The molecule has 1 aliphatic heterocycles. The summed E-state index contributed by atoms with van der Waals surface area (Å²) >= 11 is 0. The van der Waals surface area contributed by atoms with Crippen LogP contribution in [0.4, 0.5) is 5.69 Å². The second-order valence-electron chi connectivity index (χ2n) is 6.77. The number of amides is 1. The lowest BCUT2D eigenvalue weighted by Gasteiger charge is -2.34. The van der Waals surface area contributed by atoms with Gasteiger partial charge in [-0.25, -0.2) is 0 Å². The lowest BCUT2D eigenvalue weighted by atomic mass is 9.78. The normalized spacial score (nSPS) is 24.1. The van der Waals surface area contributed by atoms with E-state index in [1.165, 1.54) is 38.5 Å². The molecule has 1 saturated carbocycles. The molecule has 120 valence electrons. The maximum absolute atomic E-state index is 12.6. The van der Waals surface area contributed by atoms with E-state index in [4.69, 9.17) is 5.73 Å². The summed E-state index contributed by atoms with van der Waals surface area (Å²) in [5.74, 6) is 1.25. The third-order valence-electron chi connectivity index (χ3n) is 5.23. The molecule has 1 saturated heterocycles. The van der Waals surface area contributed by atoms with Crippen molar-refractivity contribution in [3.05, 3.63) is 29.8 Å². The Morgan fingerprint density at radius 3 is 2.45 bits per heavy atom. The maximum atomic E-state index is 12.6. The molecule has 4 N–H and O–H groups in total. The van der Waals surface area contributed by atoms with Crippen LogP contribution in [-0.2, 0) is 0 Å². The van der Waals surface area contributed by atoms with Crippen LogP contribution in [0, 0.1) is 11.8 Å². The molecule has 4 nitrogen and oxygen atoms in total. The number of hydrogen-bond donors (Lipinski definition) is 3. The van der Waals surface area contributed by atoms with Crippen molar-refractivity contribution in [3.8, 4) is 0 Å². The SMILES string of the molecule is Nc1ccc(C(=O)NC(C2CCCCC2)C2CCNC2)cc1. The number of hydrogen-bond acceptors (Lipinski definition) is 3. The average Bonchev–Trinajstić information content (AvgIpc) is 3.08. The Morgan fingerprint density at radius 2 is 1.82 bits per heavy atom. The molecule has 2 atom stereocenters. The zero-order chi connectivity index (χ0) is 15.4. The van der Waals surface area contributed by atoms with Gasteiger partial charge in [0.25, 0.3) is 5.91 Å². The number of nitrogen functional groups attached to an aromatic ring is 1. The Hall–Kier alpha value is -1.55. The molecular weight excluding hydrogens is 274 g/mol. The second kappa shape index (κ2) is 7.14. The van der Waals surface area contributed by atoms with Crippen molar-refractivity contribution in [3.63, 3.8) is 0 Å². The zero-order valence-corrected chi connectivity index (χ0v) is 13.2. The minimum atomic E-state index is 0.0440. The highest BCUT2D eigenvalue weighted by Crippen LogP contribution is 2.31. The van der Waals surface area contributed by atoms with E-state index in [1.807, 2.05) is 12.1 Å². The van der Waals surface area contributed by atoms with Crippen LogP contribution in [0.5, 0.6) is 0 Å². The van der Waals surface area contributed by atoms with Gasteiger partial charge in [-0.3, -0.25) is 4.79 Å². The quantitative estimate of drug-likeness (QED) is 0.749. The first kappa shape index (κ1) is 15.3. The molecule has 0 spiro atoms. The van der Waals surface area contributed by atoms with Gasteiger partial charge in [-0.1, -0.05) is 19.3 Å². The van der Waals surface area contributed by atoms with Crippen LogP contribution >= 0.6 is 0 Å². The minimum Gasteiger partial charge on any atom is -0.399 e. The third kappa shape index (κ3) is 3.61. The van der Waals surface area contributed by atoms with Crippen molar-refractivity contribution in [1.29, 1.82) is 0 Å². The molecule has 1 aliphatic carbocycles. The minimum absolute atomic E-state index is 0.0440. The summed E-state index contributed by atoms with van der Waals surface area (Å²) in [6.07, 6.45) is 7.63. The van der Waals surface area contributed by atoms with Crippen LogP contribution in [0.15, 0.2) is 24.3 Å². The first-order chi connectivity index (χ1) is 10.7. The van der Waals surface area contributed by atoms with E-state index in [0.29, 0.717) is 29.1 Å². The number of nitrogens with one attached hydrogen (secondary N) is 2. The van der Waals surface area contributed by atoms with Gasteiger partial charge in [-0.2, -0.15) is 0 Å². The number of carbonyl (C=O) groups is 1. The third-order valence-corrected chi connectivity index (χ3v) is 5.23. The largest absolute Gasteiger partial charge is 0.399 e. The van der Waals surface area contributed by atoms with Crippen molar-refractivity contribution >= 4 is 11.6 Å². The topological polar surface area (TPSA) is 67.2 Å². The second-order valence-corrected chi connectivity index (χ2v) is 6.77. The first-order valence-electron chi connectivity index (χ1n) is 8.61. The first-order valence-corrected chi connectivity index (χ1v) is 8.61. The molecule has 2 aliphatic rings. The highest BCUT2D eigenvalue weighted by atomic mass is 16.1. The van der Waals surface area contributed by atoms with Gasteiger partial charge < -0.3 is 16.4 Å². The summed E-state index contributed by atoms with van der Waals surface area (Å²) < 4.78 is 0. The number of nitrogens with two attached hydrogens (primary N) is 1. The molecule has 0 aromatic heterocycles. The van der Waals surface area contributed by atoms with E-state index in [2.05, 4.69) is 10.6 Å². The number of rotatable bonds is 4. The predicted octanol–water partition coefficient (Wildman–Crippen LogP) is 2.56. The molecular formula is C18H27N3O. The van der Waals surface area contributed by atoms with Crippen molar-refractivity contribution in [2.75, 3.05) is 18.8 Å². The fourth-order valence-corrected chi connectivity index (χ4v) is 3.97. The summed E-state index contributed by atoms with van der Waals surface area (Å²) in [6, 6.07) is 7.52. The molecule has 2 unspecified atom stereocenters. The van der Waals surface area contributed by atoms with Crippen molar-refractivity contribution in [2.45, 2.75) is 44.6 Å². The Kier molecular flexibility index (Phi) is 4.98. The monoisotopic (exact) mass is 301 g/mol. The predicted molar refractivity (Wildman–Crippen MR) is 89.7 cm³/mol. The van der Waals surface area contributed by atoms with Crippen LogP contribution in [0.2, 0.25) is 0 Å². The molecule has 0 bridgehead atoms. The highest BCUT2D eigenvalue weighted by molar-refractivity contribution is 5.94. The Morgan fingerprint density at radius 1 is 1.09 bits per heavy atom. The standard InChI is InChI=1S/C18H27N3O/c19-16-8-6-14(7-9-16)18(22)21-17(15-10-11-20-12-15)13-4-2-1-3-5-13/h6-9,13,15,17,20H,1-5,10-12,19H2,(H,21,22). The highest BCUT2D eigenvalue weighted by Gasteiger charge is 2.33. The van der Waals surface area contributed by atoms with Gasteiger partial charge in [0.15, 0.2) is 0 Å². The molecule has 1 aromatic carbocycles. The zero-order valence-electron chi connectivity index (χ0n) is 13.2. The van der Waals surface area contributed by atoms with Crippen molar-refractivity contribution in [1.82, 2.24) is 10.6 Å². The van der Waals surface area contributed by atoms with Gasteiger partial charge in [0, 0.05) is 17.3 Å². The van der Waals surface area contributed by atoms with Crippen LogP contribution in [-0.4, -0.2) is 25.0 Å². The molecule has 22 heavy (non-hydrogen) atoms.